The Morgan fingerprint density at radius 2 is 1.85 bits per heavy atom. The maximum Gasteiger partial charge on any atom is 0.227 e. The molecule has 2 fully saturated rings. The fraction of sp³-hybridized carbons (Fsp3) is 0.600. The lowest BCUT2D eigenvalue weighted by atomic mass is 10.0. The van der Waals surface area contributed by atoms with Crippen LogP contribution in [0.2, 0.25) is 0 Å². The van der Waals surface area contributed by atoms with Crippen LogP contribution in [0.1, 0.15) is 23.1 Å². The molecule has 6 nitrogen and oxygen atoms in total. The molecule has 2 heterocycles. The van der Waals surface area contributed by atoms with Gasteiger partial charge in [-0.25, -0.2) is 0 Å². The second-order valence-corrected chi connectivity index (χ2v) is 7.54. The van der Waals surface area contributed by atoms with E-state index in [-0.39, 0.29) is 17.7 Å². The third-order valence-corrected chi connectivity index (χ3v) is 5.34. The van der Waals surface area contributed by atoms with Gasteiger partial charge < -0.3 is 15.5 Å². The van der Waals surface area contributed by atoms with Crippen molar-refractivity contribution in [3.8, 4) is 0 Å². The number of carbonyl (C=O) groups excluding carboxylic acids is 2. The summed E-state index contributed by atoms with van der Waals surface area (Å²) in [5, 5.41) is 6.35. The molecule has 0 aromatic heterocycles. The van der Waals surface area contributed by atoms with Gasteiger partial charge in [-0.1, -0.05) is 17.7 Å². The maximum absolute atomic E-state index is 12.5. The van der Waals surface area contributed by atoms with E-state index in [0.29, 0.717) is 19.5 Å². The molecule has 1 aromatic carbocycles. The van der Waals surface area contributed by atoms with Crippen molar-refractivity contribution in [1.82, 2.24) is 15.5 Å². The fourth-order valence-electron chi connectivity index (χ4n) is 4.11. The summed E-state index contributed by atoms with van der Waals surface area (Å²) in [5.74, 6) is -0.216. The van der Waals surface area contributed by atoms with Crippen LogP contribution in [0.5, 0.6) is 0 Å². The Morgan fingerprint density at radius 3 is 2.50 bits per heavy atom. The van der Waals surface area contributed by atoms with Crippen LogP contribution in [0.25, 0.3) is 0 Å². The first kappa shape index (κ1) is 18.9. The van der Waals surface area contributed by atoms with Gasteiger partial charge >= 0.3 is 0 Å². The summed E-state index contributed by atoms with van der Waals surface area (Å²) < 4.78 is 0. The van der Waals surface area contributed by atoms with E-state index in [9.17, 15) is 9.59 Å². The van der Waals surface area contributed by atoms with Gasteiger partial charge in [0.05, 0.1) is 5.92 Å². The molecule has 142 valence electrons. The number of hydrogen-bond acceptors (Lipinski definition) is 4. The predicted octanol–water partition coefficient (Wildman–Crippen LogP) is 0.986. The average molecular weight is 358 g/mol. The largest absolute Gasteiger partial charge is 0.355 e. The molecule has 1 atom stereocenters. The lowest BCUT2D eigenvalue weighted by Gasteiger charge is -2.27. The molecule has 0 aliphatic carbocycles. The third-order valence-electron chi connectivity index (χ3n) is 5.34. The lowest BCUT2D eigenvalue weighted by Crippen LogP contribution is -2.46. The van der Waals surface area contributed by atoms with E-state index in [1.54, 1.807) is 4.90 Å². The Hall–Kier alpha value is -1.92. The Bertz CT molecular complexity index is 659. The number of nitrogens with zero attached hydrogens (tertiary/aromatic N) is 2. The molecular weight excluding hydrogens is 328 g/mol. The smallest absolute Gasteiger partial charge is 0.227 e. The van der Waals surface area contributed by atoms with E-state index in [0.717, 1.165) is 49.5 Å². The SMILES string of the molecule is Cc1cc(C)c(N2CC(C(=O)NCCN3CCNCC3)CC2=O)c(C)c1. The molecule has 2 N–H and O–H groups in total. The Labute approximate surface area is 155 Å². The van der Waals surface area contributed by atoms with Crippen LogP contribution >= 0.6 is 0 Å². The van der Waals surface area contributed by atoms with Crippen molar-refractivity contribution in [2.24, 2.45) is 5.92 Å². The molecule has 1 unspecified atom stereocenters. The minimum atomic E-state index is -0.259. The van der Waals surface area contributed by atoms with E-state index in [1.807, 2.05) is 13.8 Å². The topological polar surface area (TPSA) is 64.7 Å². The number of hydrogen-bond donors (Lipinski definition) is 2. The van der Waals surface area contributed by atoms with Gasteiger partial charge in [0.15, 0.2) is 0 Å². The molecule has 0 saturated carbocycles. The van der Waals surface area contributed by atoms with Gasteiger partial charge in [-0.3, -0.25) is 14.5 Å². The summed E-state index contributed by atoms with van der Waals surface area (Å²) in [5.41, 5.74) is 4.35. The zero-order chi connectivity index (χ0) is 18.7. The van der Waals surface area contributed by atoms with Crippen LogP contribution in [0, 0.1) is 26.7 Å². The van der Waals surface area contributed by atoms with E-state index < -0.39 is 0 Å². The quantitative estimate of drug-likeness (QED) is 0.824. The van der Waals surface area contributed by atoms with Gasteiger partial charge in [0.25, 0.3) is 0 Å². The van der Waals surface area contributed by atoms with Gasteiger partial charge in [-0.05, 0) is 31.9 Å². The standard InChI is InChI=1S/C20H30N4O2/c1-14-10-15(2)19(16(3)11-14)24-13-17(12-18(24)25)20(26)22-6-9-23-7-4-21-5-8-23/h10-11,17,21H,4-9,12-13H2,1-3H3,(H,22,26). The van der Waals surface area contributed by atoms with E-state index >= 15 is 0 Å². The molecule has 2 amide bonds. The number of nitrogens with one attached hydrogen (secondary N) is 2. The summed E-state index contributed by atoms with van der Waals surface area (Å²) in [6, 6.07) is 4.19. The van der Waals surface area contributed by atoms with Crippen LogP contribution in [0.3, 0.4) is 0 Å². The lowest BCUT2D eigenvalue weighted by molar-refractivity contribution is -0.126. The molecule has 6 heteroatoms. The highest BCUT2D eigenvalue weighted by atomic mass is 16.2. The zero-order valence-corrected chi connectivity index (χ0v) is 16.1. The minimum absolute atomic E-state index is 0.00148. The first-order chi connectivity index (χ1) is 12.5. The third kappa shape index (κ3) is 4.24. The van der Waals surface area contributed by atoms with E-state index in [2.05, 4.69) is 34.6 Å². The fourth-order valence-corrected chi connectivity index (χ4v) is 4.11. The van der Waals surface area contributed by atoms with Crippen molar-refractivity contribution in [3.63, 3.8) is 0 Å². The van der Waals surface area contributed by atoms with Crippen molar-refractivity contribution in [2.75, 3.05) is 50.7 Å². The predicted molar refractivity (Wildman–Crippen MR) is 103 cm³/mol. The van der Waals surface area contributed by atoms with Crippen molar-refractivity contribution >= 4 is 17.5 Å². The number of rotatable bonds is 5. The van der Waals surface area contributed by atoms with E-state index in [4.69, 9.17) is 0 Å². The first-order valence-electron chi connectivity index (χ1n) is 9.54. The summed E-state index contributed by atoms with van der Waals surface area (Å²) in [6.45, 7) is 12.2. The van der Waals surface area contributed by atoms with Crippen LogP contribution in [0.15, 0.2) is 12.1 Å². The van der Waals surface area contributed by atoms with Crippen molar-refractivity contribution in [1.29, 1.82) is 0 Å². The highest BCUT2D eigenvalue weighted by Crippen LogP contribution is 2.31. The monoisotopic (exact) mass is 358 g/mol. The van der Waals surface area contributed by atoms with Crippen LogP contribution < -0.4 is 15.5 Å². The minimum Gasteiger partial charge on any atom is -0.355 e. The Balaban J connectivity index is 1.56. The van der Waals surface area contributed by atoms with Crippen molar-refractivity contribution in [2.45, 2.75) is 27.2 Å². The molecule has 0 bridgehead atoms. The molecule has 26 heavy (non-hydrogen) atoms. The summed E-state index contributed by atoms with van der Waals surface area (Å²) in [7, 11) is 0. The average Bonchev–Trinajstić information content (AvgIpc) is 2.97. The zero-order valence-electron chi connectivity index (χ0n) is 16.1. The molecule has 2 saturated heterocycles. The van der Waals surface area contributed by atoms with Gasteiger partial charge in [0, 0.05) is 57.9 Å². The molecular formula is C20H30N4O2. The highest BCUT2D eigenvalue weighted by Gasteiger charge is 2.36. The summed E-state index contributed by atoms with van der Waals surface area (Å²) in [4.78, 5) is 29.2. The maximum atomic E-state index is 12.5. The number of piperazine rings is 1. The number of benzene rings is 1. The Kier molecular flexibility index (Phi) is 5.94. The van der Waals surface area contributed by atoms with Gasteiger partial charge in [-0.2, -0.15) is 0 Å². The molecule has 2 aliphatic rings. The molecule has 1 aromatic rings. The van der Waals surface area contributed by atoms with E-state index in [1.165, 1.54) is 5.56 Å². The molecule has 3 rings (SSSR count). The number of anilines is 1. The number of amides is 2. The summed E-state index contributed by atoms with van der Waals surface area (Å²) in [6.07, 6.45) is 0.298. The molecule has 2 aliphatic heterocycles. The van der Waals surface area contributed by atoms with Crippen molar-refractivity contribution < 1.29 is 9.59 Å². The second-order valence-electron chi connectivity index (χ2n) is 7.54. The summed E-state index contributed by atoms with van der Waals surface area (Å²) >= 11 is 0. The van der Waals surface area contributed by atoms with Crippen LogP contribution in [-0.4, -0.2) is 62.5 Å². The second kappa shape index (κ2) is 8.18. The van der Waals surface area contributed by atoms with Gasteiger partial charge in [0.1, 0.15) is 0 Å². The highest BCUT2D eigenvalue weighted by molar-refractivity contribution is 6.01. The molecule has 0 spiro atoms. The van der Waals surface area contributed by atoms with Crippen molar-refractivity contribution in [3.05, 3.63) is 28.8 Å². The molecule has 0 radical (unpaired) electrons. The van der Waals surface area contributed by atoms with Crippen LogP contribution in [0.4, 0.5) is 5.69 Å². The van der Waals surface area contributed by atoms with Gasteiger partial charge in [-0.15, -0.1) is 0 Å². The number of carbonyl (C=O) groups is 2. The number of aryl methyl sites for hydroxylation is 3. The van der Waals surface area contributed by atoms with Gasteiger partial charge in [0.2, 0.25) is 11.8 Å². The van der Waals surface area contributed by atoms with Crippen LogP contribution in [-0.2, 0) is 9.59 Å². The first-order valence-corrected chi connectivity index (χ1v) is 9.54. The normalized spacial score (nSPS) is 21.3. The Morgan fingerprint density at radius 1 is 1.19 bits per heavy atom.